The fourth-order valence-electron chi connectivity index (χ4n) is 2.62. The van der Waals surface area contributed by atoms with Crippen LogP contribution in [0.3, 0.4) is 0 Å². The molecule has 0 aliphatic heterocycles. The molecule has 0 aliphatic carbocycles. The molecule has 9 heteroatoms. The molecule has 0 saturated carbocycles. The molecule has 1 unspecified atom stereocenters. The summed E-state index contributed by atoms with van der Waals surface area (Å²) < 4.78 is 58.9. The summed E-state index contributed by atoms with van der Waals surface area (Å²) in [7, 11) is 0. The Kier molecular flexibility index (Phi) is 8.69. The Labute approximate surface area is 177 Å². The molecule has 0 aliphatic rings. The van der Waals surface area contributed by atoms with E-state index in [-0.39, 0.29) is 17.2 Å². The number of rotatable bonds is 9. The van der Waals surface area contributed by atoms with Crippen molar-refractivity contribution in [2.24, 2.45) is 0 Å². The first-order valence-corrected chi connectivity index (χ1v) is 9.93. The minimum absolute atomic E-state index is 0.171. The second-order valence-corrected chi connectivity index (χ2v) is 7.36. The molecule has 0 spiro atoms. The number of allylic oxidation sites excluding steroid dienone is 2. The predicted octanol–water partition coefficient (Wildman–Crippen LogP) is 5.93. The minimum atomic E-state index is -3.15. The average molecular weight is 439 g/mol. The van der Waals surface area contributed by atoms with Crippen LogP contribution in [0.5, 0.6) is 5.75 Å². The van der Waals surface area contributed by atoms with Gasteiger partial charge in [-0.2, -0.15) is 14.0 Å². The molecular formula is C21H21F4N3OS. The zero-order valence-electron chi connectivity index (χ0n) is 16.7. The summed E-state index contributed by atoms with van der Waals surface area (Å²) >= 11 is 1.26. The van der Waals surface area contributed by atoms with Crippen LogP contribution in [-0.4, -0.2) is 24.3 Å². The largest absolute Gasteiger partial charge is 0.432 e. The van der Waals surface area contributed by atoms with Crippen LogP contribution in [0.15, 0.2) is 35.4 Å². The fourth-order valence-corrected chi connectivity index (χ4v) is 3.40. The van der Waals surface area contributed by atoms with Crippen molar-refractivity contribution in [3.63, 3.8) is 0 Å². The first-order valence-electron chi connectivity index (χ1n) is 9.11. The van der Waals surface area contributed by atoms with E-state index >= 15 is 0 Å². The average Bonchev–Trinajstić information content (AvgIpc) is 2.72. The lowest BCUT2D eigenvalue weighted by atomic mass is 9.95. The van der Waals surface area contributed by atoms with E-state index in [1.54, 1.807) is 32.2 Å². The Morgan fingerprint density at radius 3 is 2.60 bits per heavy atom. The van der Waals surface area contributed by atoms with Gasteiger partial charge in [0.25, 0.3) is 0 Å². The zero-order chi connectivity index (χ0) is 22.3. The highest BCUT2D eigenvalue weighted by atomic mass is 32.2. The van der Waals surface area contributed by atoms with Crippen LogP contribution in [0, 0.1) is 24.1 Å². The first-order chi connectivity index (χ1) is 14.3. The molecule has 2 aromatic rings. The van der Waals surface area contributed by atoms with E-state index in [4.69, 9.17) is 0 Å². The van der Waals surface area contributed by atoms with E-state index in [1.807, 2.05) is 13.0 Å². The molecule has 2 rings (SSSR count). The number of hydrogen-bond acceptors (Lipinski definition) is 5. The van der Waals surface area contributed by atoms with Gasteiger partial charge in [-0.05, 0) is 73.2 Å². The normalized spacial score (nSPS) is 13.0. The first kappa shape index (κ1) is 23.7. The number of aryl methyl sites for hydroxylation is 1. The molecule has 1 aromatic carbocycles. The number of ether oxygens (including phenoxy) is 1. The molecule has 30 heavy (non-hydrogen) atoms. The molecule has 1 aromatic heterocycles. The Balaban J connectivity index is 2.31. The Morgan fingerprint density at radius 2 is 2.07 bits per heavy atom. The summed E-state index contributed by atoms with van der Waals surface area (Å²) in [6, 6.07) is 7.40. The number of pyridine rings is 1. The van der Waals surface area contributed by atoms with Gasteiger partial charge in [0, 0.05) is 17.1 Å². The highest BCUT2D eigenvalue weighted by Crippen LogP contribution is 2.32. The van der Waals surface area contributed by atoms with Crippen LogP contribution < -0.4 is 9.46 Å². The third-order valence-electron chi connectivity index (χ3n) is 4.39. The Morgan fingerprint density at radius 1 is 1.33 bits per heavy atom. The molecule has 0 saturated heterocycles. The number of nitriles is 1. The summed E-state index contributed by atoms with van der Waals surface area (Å²) in [5, 5.41) is 9.64. The number of hydrogen-bond donors (Lipinski definition) is 1. The highest BCUT2D eigenvalue weighted by Gasteiger charge is 2.17. The highest BCUT2D eigenvalue weighted by molar-refractivity contribution is 7.97. The standard InChI is InChI=1S/C21H21F4N3OS/c1-4-14(9-22)28-30-15-5-6-19(27-11-15)13(3)17(10-26)16-8-18(23)20(7-12(16)2)29-21(24)25/h5-8,11,14,21,28H,4,9H2,1-3H3/b17-13+. The van der Waals surface area contributed by atoms with Gasteiger partial charge in [-0.1, -0.05) is 6.92 Å². The van der Waals surface area contributed by atoms with Gasteiger partial charge in [0.2, 0.25) is 0 Å². The lowest BCUT2D eigenvalue weighted by molar-refractivity contribution is -0.0522. The lowest BCUT2D eigenvalue weighted by Crippen LogP contribution is -2.23. The maximum Gasteiger partial charge on any atom is 0.387 e. The maximum absolute atomic E-state index is 14.2. The number of nitrogens with zero attached hydrogens (tertiary/aromatic N) is 2. The van der Waals surface area contributed by atoms with Gasteiger partial charge in [-0.15, -0.1) is 0 Å². The Hall–Kier alpha value is -2.57. The van der Waals surface area contributed by atoms with Gasteiger partial charge in [0.15, 0.2) is 11.6 Å². The van der Waals surface area contributed by atoms with Crippen molar-refractivity contribution in [3.8, 4) is 11.8 Å². The molecule has 4 nitrogen and oxygen atoms in total. The van der Waals surface area contributed by atoms with Crippen molar-refractivity contribution in [2.45, 2.75) is 44.7 Å². The number of benzene rings is 1. The predicted molar refractivity (Wildman–Crippen MR) is 109 cm³/mol. The van der Waals surface area contributed by atoms with Gasteiger partial charge in [0.1, 0.15) is 12.7 Å². The monoisotopic (exact) mass is 439 g/mol. The molecule has 1 atom stereocenters. The van der Waals surface area contributed by atoms with E-state index in [2.05, 4.69) is 14.4 Å². The molecule has 160 valence electrons. The van der Waals surface area contributed by atoms with E-state index in [1.165, 1.54) is 11.9 Å². The zero-order valence-corrected chi connectivity index (χ0v) is 17.5. The van der Waals surface area contributed by atoms with Crippen molar-refractivity contribution in [3.05, 3.63) is 53.1 Å². The number of halogens is 4. The summed E-state index contributed by atoms with van der Waals surface area (Å²) in [5.41, 5.74) is 1.86. The second kappa shape index (κ2) is 11.0. The van der Waals surface area contributed by atoms with Crippen molar-refractivity contribution < 1.29 is 22.3 Å². The fraction of sp³-hybridized carbons (Fsp3) is 0.333. The summed E-state index contributed by atoms with van der Waals surface area (Å²) in [4.78, 5) is 5.10. The van der Waals surface area contributed by atoms with Crippen LogP contribution in [0.25, 0.3) is 11.1 Å². The van der Waals surface area contributed by atoms with Crippen molar-refractivity contribution in [1.29, 1.82) is 5.26 Å². The molecule has 0 bridgehead atoms. The van der Waals surface area contributed by atoms with Crippen LogP contribution in [0.1, 0.15) is 37.1 Å². The van der Waals surface area contributed by atoms with E-state index in [0.717, 1.165) is 17.0 Å². The SMILES string of the molecule is CCC(CF)NSc1ccc(/C(C)=C(\C#N)c2cc(F)c(OC(F)F)cc2C)nc1. The number of nitrogens with one attached hydrogen (secondary N) is 1. The van der Waals surface area contributed by atoms with Crippen LogP contribution in [0.4, 0.5) is 17.6 Å². The van der Waals surface area contributed by atoms with Crippen molar-refractivity contribution in [1.82, 2.24) is 9.71 Å². The molecule has 1 N–H and O–H groups in total. The quantitative estimate of drug-likeness (QED) is 0.298. The molecule has 0 amide bonds. The Bertz CT molecular complexity index is 939. The van der Waals surface area contributed by atoms with Crippen molar-refractivity contribution in [2.75, 3.05) is 6.67 Å². The molecular weight excluding hydrogens is 418 g/mol. The maximum atomic E-state index is 14.2. The van der Waals surface area contributed by atoms with Crippen LogP contribution >= 0.6 is 11.9 Å². The molecule has 1 heterocycles. The summed E-state index contributed by atoms with van der Waals surface area (Å²) in [6.07, 6.45) is 2.24. The smallest absolute Gasteiger partial charge is 0.387 e. The van der Waals surface area contributed by atoms with Crippen LogP contribution in [0.2, 0.25) is 0 Å². The van der Waals surface area contributed by atoms with Crippen molar-refractivity contribution >= 4 is 23.1 Å². The minimum Gasteiger partial charge on any atom is -0.432 e. The number of aromatic nitrogens is 1. The third-order valence-corrected chi connectivity index (χ3v) is 5.32. The lowest BCUT2D eigenvalue weighted by Gasteiger charge is -2.13. The van der Waals surface area contributed by atoms with Gasteiger partial charge in [0.05, 0.1) is 11.3 Å². The topological polar surface area (TPSA) is 57.9 Å². The molecule has 0 fully saturated rings. The summed E-state index contributed by atoms with van der Waals surface area (Å²) in [5.74, 6) is -1.56. The number of alkyl halides is 3. The van der Waals surface area contributed by atoms with Gasteiger partial charge in [-0.25, -0.2) is 8.78 Å². The van der Waals surface area contributed by atoms with Crippen LogP contribution in [-0.2, 0) is 0 Å². The van der Waals surface area contributed by atoms with E-state index in [9.17, 15) is 22.8 Å². The van der Waals surface area contributed by atoms with E-state index in [0.29, 0.717) is 23.3 Å². The van der Waals surface area contributed by atoms with Gasteiger partial charge >= 0.3 is 6.61 Å². The van der Waals surface area contributed by atoms with Gasteiger partial charge in [-0.3, -0.25) is 9.71 Å². The second-order valence-electron chi connectivity index (χ2n) is 6.45. The summed E-state index contributed by atoms with van der Waals surface area (Å²) in [6.45, 7) is 1.51. The molecule has 0 radical (unpaired) electrons. The third kappa shape index (κ3) is 5.97. The van der Waals surface area contributed by atoms with E-state index < -0.39 is 24.9 Å². The van der Waals surface area contributed by atoms with Gasteiger partial charge < -0.3 is 4.74 Å².